The van der Waals surface area contributed by atoms with Crippen molar-refractivity contribution in [2.75, 3.05) is 33.0 Å². The number of nitrogen functional groups attached to an aromatic ring is 1. The Morgan fingerprint density at radius 3 is 2.29 bits per heavy atom. The SMILES string of the molecule is COc1cc(N)c(C(=O)N2CC3CCCC3C2)cc1OC. The van der Waals surface area contributed by atoms with Crippen LogP contribution in [0.25, 0.3) is 0 Å². The van der Waals surface area contributed by atoms with E-state index in [4.69, 9.17) is 15.2 Å². The Morgan fingerprint density at radius 1 is 1.14 bits per heavy atom. The monoisotopic (exact) mass is 290 g/mol. The van der Waals surface area contributed by atoms with Gasteiger partial charge in [0.1, 0.15) is 0 Å². The van der Waals surface area contributed by atoms with Gasteiger partial charge in [-0.05, 0) is 30.7 Å². The van der Waals surface area contributed by atoms with Gasteiger partial charge in [0.2, 0.25) is 0 Å². The van der Waals surface area contributed by atoms with E-state index in [-0.39, 0.29) is 5.91 Å². The van der Waals surface area contributed by atoms with Crippen molar-refractivity contribution in [1.29, 1.82) is 0 Å². The highest BCUT2D eigenvalue weighted by molar-refractivity contribution is 6.00. The summed E-state index contributed by atoms with van der Waals surface area (Å²) in [5, 5.41) is 0. The Balaban J connectivity index is 1.84. The highest BCUT2D eigenvalue weighted by Crippen LogP contribution is 2.39. The topological polar surface area (TPSA) is 64.8 Å². The molecule has 0 radical (unpaired) electrons. The van der Waals surface area contributed by atoms with Gasteiger partial charge in [0, 0.05) is 24.8 Å². The fourth-order valence-electron chi connectivity index (χ4n) is 3.65. The Bertz CT molecular complexity index is 547. The van der Waals surface area contributed by atoms with E-state index < -0.39 is 0 Å². The fourth-order valence-corrected chi connectivity index (χ4v) is 3.65. The van der Waals surface area contributed by atoms with E-state index in [0.717, 1.165) is 13.1 Å². The number of amides is 1. The van der Waals surface area contributed by atoms with Gasteiger partial charge in [0.05, 0.1) is 19.8 Å². The molecule has 1 amide bonds. The molecule has 2 N–H and O–H groups in total. The number of carbonyl (C=O) groups excluding carboxylic acids is 1. The minimum atomic E-state index is 0.00264. The van der Waals surface area contributed by atoms with Gasteiger partial charge in [-0.2, -0.15) is 0 Å². The van der Waals surface area contributed by atoms with E-state index in [9.17, 15) is 4.79 Å². The first-order valence-electron chi connectivity index (χ1n) is 7.44. The molecule has 3 rings (SSSR count). The fraction of sp³-hybridized carbons (Fsp3) is 0.562. The number of carbonyl (C=O) groups is 1. The van der Waals surface area contributed by atoms with Gasteiger partial charge in [-0.25, -0.2) is 0 Å². The molecule has 5 nitrogen and oxygen atoms in total. The zero-order valence-corrected chi connectivity index (χ0v) is 12.6. The maximum Gasteiger partial charge on any atom is 0.256 e. The van der Waals surface area contributed by atoms with Crippen molar-refractivity contribution in [1.82, 2.24) is 4.90 Å². The summed E-state index contributed by atoms with van der Waals surface area (Å²) in [6, 6.07) is 3.34. The minimum absolute atomic E-state index is 0.00264. The average molecular weight is 290 g/mol. The zero-order valence-electron chi connectivity index (χ0n) is 12.6. The van der Waals surface area contributed by atoms with Crippen LogP contribution in [0.5, 0.6) is 11.5 Å². The molecule has 114 valence electrons. The summed E-state index contributed by atoms with van der Waals surface area (Å²) in [6.07, 6.45) is 3.79. The molecule has 21 heavy (non-hydrogen) atoms. The third kappa shape index (κ3) is 2.41. The summed E-state index contributed by atoms with van der Waals surface area (Å²) in [7, 11) is 3.11. The number of nitrogens with two attached hydrogens (primary N) is 1. The van der Waals surface area contributed by atoms with Crippen LogP contribution in [0.3, 0.4) is 0 Å². The van der Waals surface area contributed by atoms with Gasteiger partial charge in [0.15, 0.2) is 11.5 Å². The van der Waals surface area contributed by atoms with Gasteiger partial charge in [-0.3, -0.25) is 4.79 Å². The number of likely N-dealkylation sites (tertiary alicyclic amines) is 1. The van der Waals surface area contributed by atoms with E-state index in [1.807, 2.05) is 4.90 Å². The Labute approximate surface area is 125 Å². The molecule has 1 heterocycles. The molecular formula is C16H22N2O3. The van der Waals surface area contributed by atoms with Gasteiger partial charge in [-0.1, -0.05) is 6.42 Å². The van der Waals surface area contributed by atoms with Crippen molar-refractivity contribution in [3.05, 3.63) is 17.7 Å². The van der Waals surface area contributed by atoms with Crippen LogP contribution in [-0.2, 0) is 0 Å². The van der Waals surface area contributed by atoms with Crippen LogP contribution in [0, 0.1) is 11.8 Å². The predicted octanol–water partition coefficient (Wildman–Crippen LogP) is 2.16. The van der Waals surface area contributed by atoms with E-state index in [0.29, 0.717) is 34.6 Å². The second kappa shape index (κ2) is 5.47. The summed E-state index contributed by atoms with van der Waals surface area (Å²) in [6.45, 7) is 1.72. The molecule has 1 saturated carbocycles. The highest BCUT2D eigenvalue weighted by atomic mass is 16.5. The summed E-state index contributed by atoms with van der Waals surface area (Å²) in [5.41, 5.74) is 6.97. The molecule has 0 aromatic heterocycles. The number of hydrogen-bond donors (Lipinski definition) is 1. The molecule has 5 heteroatoms. The highest BCUT2D eigenvalue weighted by Gasteiger charge is 2.38. The van der Waals surface area contributed by atoms with Gasteiger partial charge >= 0.3 is 0 Å². The van der Waals surface area contributed by atoms with Crippen LogP contribution >= 0.6 is 0 Å². The molecule has 0 spiro atoms. The number of rotatable bonds is 3. The van der Waals surface area contributed by atoms with Gasteiger partial charge < -0.3 is 20.1 Å². The second-order valence-corrected chi connectivity index (χ2v) is 5.96. The Hall–Kier alpha value is -1.91. The summed E-state index contributed by atoms with van der Waals surface area (Å²) in [5.74, 6) is 2.44. The number of methoxy groups -OCH3 is 2. The van der Waals surface area contributed by atoms with Gasteiger partial charge in [-0.15, -0.1) is 0 Å². The molecule has 1 aliphatic heterocycles. The van der Waals surface area contributed by atoms with Crippen molar-refractivity contribution in [3.8, 4) is 11.5 Å². The van der Waals surface area contributed by atoms with Crippen LogP contribution in [0.2, 0.25) is 0 Å². The molecule has 1 aliphatic carbocycles. The van der Waals surface area contributed by atoms with E-state index >= 15 is 0 Å². The van der Waals surface area contributed by atoms with Crippen molar-refractivity contribution in [2.24, 2.45) is 11.8 Å². The van der Waals surface area contributed by atoms with E-state index in [1.165, 1.54) is 19.3 Å². The number of hydrogen-bond acceptors (Lipinski definition) is 4. The maximum atomic E-state index is 12.7. The summed E-state index contributed by atoms with van der Waals surface area (Å²) < 4.78 is 10.5. The van der Waals surface area contributed by atoms with Crippen LogP contribution in [0.4, 0.5) is 5.69 Å². The van der Waals surface area contributed by atoms with Crippen LogP contribution in [0.1, 0.15) is 29.6 Å². The molecule has 2 atom stereocenters. The smallest absolute Gasteiger partial charge is 0.256 e. The summed E-state index contributed by atoms with van der Waals surface area (Å²) in [4.78, 5) is 14.7. The molecule has 1 aromatic rings. The molecule has 1 aromatic carbocycles. The third-order valence-corrected chi connectivity index (χ3v) is 4.80. The number of anilines is 1. The lowest BCUT2D eigenvalue weighted by Crippen LogP contribution is -2.30. The first-order valence-corrected chi connectivity index (χ1v) is 7.44. The zero-order chi connectivity index (χ0) is 15.0. The molecule has 2 aliphatic rings. The number of nitrogens with zero attached hydrogens (tertiary/aromatic N) is 1. The van der Waals surface area contributed by atoms with Crippen LogP contribution in [-0.4, -0.2) is 38.1 Å². The maximum absolute atomic E-state index is 12.7. The first kappa shape index (κ1) is 14.0. The molecule has 0 bridgehead atoms. The third-order valence-electron chi connectivity index (χ3n) is 4.80. The Kier molecular flexibility index (Phi) is 3.66. The van der Waals surface area contributed by atoms with Crippen LogP contribution in [0.15, 0.2) is 12.1 Å². The quantitative estimate of drug-likeness (QED) is 0.866. The van der Waals surface area contributed by atoms with Crippen molar-refractivity contribution >= 4 is 11.6 Å². The van der Waals surface area contributed by atoms with Crippen molar-refractivity contribution in [3.63, 3.8) is 0 Å². The lowest BCUT2D eigenvalue weighted by molar-refractivity contribution is 0.0781. The number of benzene rings is 1. The number of ether oxygens (including phenoxy) is 2. The lowest BCUT2D eigenvalue weighted by atomic mass is 10.0. The van der Waals surface area contributed by atoms with E-state index in [1.54, 1.807) is 26.4 Å². The average Bonchev–Trinajstić information content (AvgIpc) is 3.07. The normalized spacial score (nSPS) is 24.0. The Morgan fingerprint density at radius 2 is 1.71 bits per heavy atom. The molecular weight excluding hydrogens is 268 g/mol. The predicted molar refractivity (Wildman–Crippen MR) is 80.7 cm³/mol. The molecule has 2 unspecified atom stereocenters. The standard InChI is InChI=1S/C16H22N2O3/c1-20-14-6-12(13(17)7-15(14)21-2)16(19)18-8-10-4-3-5-11(10)9-18/h6-7,10-11H,3-5,8-9,17H2,1-2H3. The van der Waals surface area contributed by atoms with Crippen LogP contribution < -0.4 is 15.2 Å². The first-order chi connectivity index (χ1) is 10.1. The van der Waals surface area contributed by atoms with Crippen molar-refractivity contribution < 1.29 is 14.3 Å². The van der Waals surface area contributed by atoms with Crippen molar-refractivity contribution in [2.45, 2.75) is 19.3 Å². The van der Waals surface area contributed by atoms with Gasteiger partial charge in [0.25, 0.3) is 5.91 Å². The largest absolute Gasteiger partial charge is 0.493 e. The molecule has 1 saturated heterocycles. The summed E-state index contributed by atoms with van der Waals surface area (Å²) >= 11 is 0. The van der Waals surface area contributed by atoms with E-state index in [2.05, 4.69) is 0 Å². The lowest BCUT2D eigenvalue weighted by Gasteiger charge is -2.19. The number of fused-ring (bicyclic) bond motifs is 1. The minimum Gasteiger partial charge on any atom is -0.493 e. The molecule has 2 fully saturated rings. The second-order valence-electron chi connectivity index (χ2n) is 5.96.